The van der Waals surface area contributed by atoms with Crippen LogP contribution in [0.1, 0.15) is 5.56 Å². The highest BCUT2D eigenvalue weighted by atomic mass is 79.9. The van der Waals surface area contributed by atoms with Crippen molar-refractivity contribution in [2.75, 3.05) is 13.7 Å². The highest BCUT2D eigenvalue weighted by Crippen LogP contribution is 2.28. The average molecular weight is 442 g/mol. The molecule has 0 radical (unpaired) electrons. The van der Waals surface area contributed by atoms with Crippen molar-refractivity contribution in [2.24, 2.45) is 5.10 Å². The number of nitrogens with one attached hydrogen (secondary N) is 1. The van der Waals surface area contributed by atoms with E-state index < -0.39 is 0 Å². The Kier molecular flexibility index (Phi) is 6.61. The van der Waals surface area contributed by atoms with Gasteiger partial charge in [0.1, 0.15) is 11.5 Å². The van der Waals surface area contributed by atoms with Gasteiger partial charge < -0.3 is 9.47 Å². The van der Waals surface area contributed by atoms with Gasteiger partial charge in [0.05, 0.1) is 17.8 Å². The summed E-state index contributed by atoms with van der Waals surface area (Å²) in [6.07, 6.45) is 1.54. The Morgan fingerprint density at radius 3 is 2.83 bits per heavy atom. The molecule has 0 bridgehead atoms. The molecule has 0 heterocycles. The van der Waals surface area contributed by atoms with E-state index in [0.29, 0.717) is 5.75 Å². The Labute approximate surface area is 150 Å². The summed E-state index contributed by atoms with van der Waals surface area (Å²) < 4.78 is 12.2. The van der Waals surface area contributed by atoms with Crippen LogP contribution in [-0.4, -0.2) is 25.8 Å². The van der Waals surface area contributed by atoms with E-state index in [-0.39, 0.29) is 12.5 Å². The van der Waals surface area contributed by atoms with Crippen LogP contribution in [0.2, 0.25) is 0 Å². The number of amides is 1. The molecule has 0 saturated heterocycles. The van der Waals surface area contributed by atoms with Crippen molar-refractivity contribution in [2.45, 2.75) is 0 Å². The first-order valence-electron chi connectivity index (χ1n) is 6.62. The van der Waals surface area contributed by atoms with Gasteiger partial charge in [-0.05, 0) is 51.8 Å². The van der Waals surface area contributed by atoms with E-state index in [2.05, 4.69) is 42.4 Å². The van der Waals surface area contributed by atoms with E-state index in [0.717, 1.165) is 20.3 Å². The van der Waals surface area contributed by atoms with Gasteiger partial charge >= 0.3 is 0 Å². The normalized spacial score (nSPS) is 10.6. The first kappa shape index (κ1) is 17.5. The fourth-order valence-electron chi connectivity index (χ4n) is 1.67. The molecule has 0 aromatic heterocycles. The second-order valence-electron chi connectivity index (χ2n) is 4.43. The van der Waals surface area contributed by atoms with Gasteiger partial charge in [-0.1, -0.05) is 28.1 Å². The van der Waals surface area contributed by atoms with Crippen LogP contribution in [0.5, 0.6) is 11.5 Å². The summed E-state index contributed by atoms with van der Waals surface area (Å²) in [4.78, 5) is 11.7. The van der Waals surface area contributed by atoms with Crippen LogP contribution in [0.4, 0.5) is 0 Å². The van der Waals surface area contributed by atoms with Crippen molar-refractivity contribution >= 4 is 44.0 Å². The number of ether oxygens (including phenoxy) is 2. The smallest absolute Gasteiger partial charge is 0.277 e. The molecule has 7 heteroatoms. The number of benzene rings is 2. The second kappa shape index (κ2) is 8.69. The van der Waals surface area contributed by atoms with Gasteiger partial charge in [-0.2, -0.15) is 5.10 Å². The number of methoxy groups -OCH3 is 1. The van der Waals surface area contributed by atoms with E-state index >= 15 is 0 Å². The molecule has 1 amide bonds. The molecular weight excluding hydrogens is 428 g/mol. The molecule has 0 atom stereocenters. The number of hydrogen-bond donors (Lipinski definition) is 1. The molecule has 0 aliphatic rings. The molecule has 0 fully saturated rings. The van der Waals surface area contributed by atoms with Gasteiger partial charge in [-0.15, -0.1) is 0 Å². The molecule has 23 heavy (non-hydrogen) atoms. The van der Waals surface area contributed by atoms with Gasteiger partial charge in [-0.3, -0.25) is 4.79 Å². The third-order valence-corrected chi connectivity index (χ3v) is 3.86. The van der Waals surface area contributed by atoms with E-state index in [1.165, 1.54) is 6.21 Å². The molecule has 1 N–H and O–H groups in total. The van der Waals surface area contributed by atoms with Crippen LogP contribution < -0.4 is 14.9 Å². The maximum atomic E-state index is 11.7. The van der Waals surface area contributed by atoms with Crippen molar-refractivity contribution in [1.82, 2.24) is 5.43 Å². The van der Waals surface area contributed by atoms with Gasteiger partial charge in [0.2, 0.25) is 0 Å². The molecule has 2 rings (SSSR count). The van der Waals surface area contributed by atoms with Crippen LogP contribution in [0.15, 0.2) is 56.5 Å². The Morgan fingerprint density at radius 1 is 1.26 bits per heavy atom. The number of hydrazone groups is 1. The van der Waals surface area contributed by atoms with Crippen molar-refractivity contribution < 1.29 is 14.3 Å². The summed E-state index contributed by atoms with van der Waals surface area (Å²) in [6, 6.07) is 12.8. The molecular formula is C16H14Br2N2O3. The molecule has 2 aromatic carbocycles. The average Bonchev–Trinajstić information content (AvgIpc) is 2.54. The van der Waals surface area contributed by atoms with Gasteiger partial charge in [-0.25, -0.2) is 5.43 Å². The minimum Gasteiger partial charge on any atom is -0.497 e. The molecule has 2 aromatic rings. The SMILES string of the molecule is COc1cccc(/C=N/NC(=O)COc2ccc(Br)cc2Br)c1. The maximum Gasteiger partial charge on any atom is 0.277 e. The van der Waals surface area contributed by atoms with Crippen molar-refractivity contribution in [3.8, 4) is 11.5 Å². The van der Waals surface area contributed by atoms with E-state index in [9.17, 15) is 4.79 Å². The predicted octanol–water partition coefficient (Wildman–Crippen LogP) is 3.75. The van der Waals surface area contributed by atoms with Crippen molar-refractivity contribution in [3.63, 3.8) is 0 Å². The van der Waals surface area contributed by atoms with E-state index in [1.54, 1.807) is 13.2 Å². The molecule has 120 valence electrons. The summed E-state index contributed by atoms with van der Waals surface area (Å²) >= 11 is 6.72. The molecule has 5 nitrogen and oxygen atoms in total. The highest BCUT2D eigenvalue weighted by Gasteiger charge is 2.05. The van der Waals surface area contributed by atoms with Crippen LogP contribution in [0.25, 0.3) is 0 Å². The zero-order valence-corrected chi connectivity index (χ0v) is 15.4. The second-order valence-corrected chi connectivity index (χ2v) is 6.20. The molecule has 0 unspecified atom stereocenters. The first-order valence-corrected chi connectivity index (χ1v) is 8.21. The van der Waals surface area contributed by atoms with Gasteiger partial charge in [0.25, 0.3) is 5.91 Å². The molecule has 0 saturated carbocycles. The standard InChI is InChI=1S/C16H14Br2N2O3/c1-22-13-4-2-3-11(7-13)9-19-20-16(21)10-23-15-6-5-12(17)8-14(15)18/h2-9H,10H2,1H3,(H,20,21)/b19-9+. The van der Waals surface area contributed by atoms with Gasteiger partial charge in [0, 0.05) is 4.47 Å². The minimum absolute atomic E-state index is 0.129. The quantitative estimate of drug-likeness (QED) is 0.548. The van der Waals surface area contributed by atoms with Crippen molar-refractivity contribution in [3.05, 3.63) is 57.0 Å². The third kappa shape index (κ3) is 5.69. The third-order valence-electron chi connectivity index (χ3n) is 2.75. The van der Waals surface area contributed by atoms with Crippen LogP contribution in [0.3, 0.4) is 0 Å². The zero-order valence-electron chi connectivity index (χ0n) is 12.3. The molecule has 0 aliphatic carbocycles. The topological polar surface area (TPSA) is 59.9 Å². The zero-order chi connectivity index (χ0) is 16.7. The lowest BCUT2D eigenvalue weighted by molar-refractivity contribution is -0.123. The maximum absolute atomic E-state index is 11.7. The first-order chi connectivity index (χ1) is 11.1. The summed E-state index contributed by atoms with van der Waals surface area (Å²) in [5.74, 6) is 0.961. The monoisotopic (exact) mass is 440 g/mol. The Balaban J connectivity index is 1.83. The fraction of sp³-hybridized carbons (Fsp3) is 0.125. The Bertz CT molecular complexity index is 720. The van der Waals surface area contributed by atoms with Crippen LogP contribution >= 0.6 is 31.9 Å². The predicted molar refractivity (Wildman–Crippen MR) is 96.1 cm³/mol. The summed E-state index contributed by atoms with van der Waals surface area (Å²) in [5, 5.41) is 3.89. The Hall–Kier alpha value is -1.86. The molecule has 0 aliphatic heterocycles. The largest absolute Gasteiger partial charge is 0.497 e. The fourth-order valence-corrected chi connectivity index (χ4v) is 2.83. The lowest BCUT2D eigenvalue weighted by Crippen LogP contribution is -2.24. The highest BCUT2D eigenvalue weighted by molar-refractivity contribution is 9.11. The Morgan fingerprint density at radius 2 is 2.09 bits per heavy atom. The van der Waals surface area contributed by atoms with Gasteiger partial charge in [0.15, 0.2) is 6.61 Å². The van der Waals surface area contributed by atoms with E-state index in [1.807, 2.05) is 36.4 Å². The number of carbonyl (C=O) groups excluding carboxylic acids is 1. The minimum atomic E-state index is -0.348. The van der Waals surface area contributed by atoms with Crippen molar-refractivity contribution in [1.29, 1.82) is 0 Å². The summed E-state index contributed by atoms with van der Waals surface area (Å²) in [6.45, 7) is -0.129. The summed E-state index contributed by atoms with van der Waals surface area (Å²) in [7, 11) is 1.59. The number of nitrogens with zero attached hydrogens (tertiary/aromatic N) is 1. The number of halogens is 2. The summed E-state index contributed by atoms with van der Waals surface area (Å²) in [5.41, 5.74) is 3.23. The number of rotatable bonds is 6. The molecule has 0 spiro atoms. The number of carbonyl (C=O) groups is 1. The lowest BCUT2D eigenvalue weighted by atomic mass is 10.2. The lowest BCUT2D eigenvalue weighted by Gasteiger charge is -2.07. The van der Waals surface area contributed by atoms with Crippen LogP contribution in [0, 0.1) is 0 Å². The van der Waals surface area contributed by atoms with Crippen LogP contribution in [-0.2, 0) is 4.79 Å². The van der Waals surface area contributed by atoms with E-state index in [4.69, 9.17) is 9.47 Å². The number of hydrogen-bond acceptors (Lipinski definition) is 4.